The average molecular weight is 500 g/mol. The molecule has 1 N–H and O–H groups in total. The molecule has 37 heavy (non-hydrogen) atoms. The number of ether oxygens (including phenoxy) is 3. The van der Waals surface area contributed by atoms with Crippen LogP contribution in [0.15, 0.2) is 65.9 Å². The van der Waals surface area contributed by atoms with Crippen LogP contribution in [0.25, 0.3) is 10.8 Å². The van der Waals surface area contributed by atoms with Gasteiger partial charge >= 0.3 is 11.9 Å². The summed E-state index contributed by atoms with van der Waals surface area (Å²) in [5.74, 6) is -1.32. The zero-order chi connectivity index (χ0) is 26.5. The van der Waals surface area contributed by atoms with E-state index in [2.05, 4.69) is 5.32 Å². The van der Waals surface area contributed by atoms with Gasteiger partial charge < -0.3 is 19.5 Å². The second-order valence-electron chi connectivity index (χ2n) is 10.2. The van der Waals surface area contributed by atoms with Gasteiger partial charge in [-0.05, 0) is 45.5 Å². The molecule has 3 aromatic rings. The number of allylic oxidation sites excluding steroid dienone is 1. The van der Waals surface area contributed by atoms with Crippen LogP contribution in [0.3, 0.4) is 0 Å². The molecule has 2 atom stereocenters. The molecular weight excluding hydrogens is 470 g/mol. The van der Waals surface area contributed by atoms with Crippen LogP contribution in [0.4, 0.5) is 5.69 Å². The van der Waals surface area contributed by atoms with Crippen molar-refractivity contribution in [2.24, 2.45) is 11.3 Å². The Morgan fingerprint density at radius 2 is 1.76 bits per heavy atom. The summed E-state index contributed by atoms with van der Waals surface area (Å²) >= 11 is 0. The van der Waals surface area contributed by atoms with Gasteiger partial charge in [0, 0.05) is 36.2 Å². The third kappa shape index (κ3) is 4.04. The summed E-state index contributed by atoms with van der Waals surface area (Å²) in [5, 5.41) is 5.50. The first kappa shape index (κ1) is 24.6. The summed E-state index contributed by atoms with van der Waals surface area (Å²) in [7, 11) is 2.87. The fourth-order valence-corrected chi connectivity index (χ4v) is 5.76. The number of hydrogen-bond donors (Lipinski definition) is 1. The normalized spacial score (nSPS) is 20.0. The highest BCUT2D eigenvalue weighted by Gasteiger charge is 2.50. The first-order valence-electron chi connectivity index (χ1n) is 12.2. The lowest BCUT2D eigenvalue weighted by atomic mass is 9.63. The molecule has 7 heteroatoms. The van der Waals surface area contributed by atoms with Crippen molar-refractivity contribution in [3.8, 4) is 11.5 Å². The Kier molecular flexibility index (Phi) is 6.02. The van der Waals surface area contributed by atoms with E-state index in [0.717, 1.165) is 27.6 Å². The largest absolute Gasteiger partial charge is 0.493 e. The maximum atomic E-state index is 13.8. The number of carbonyl (C=O) groups excluding carboxylic acids is 3. The van der Waals surface area contributed by atoms with Crippen molar-refractivity contribution in [1.82, 2.24) is 0 Å². The van der Waals surface area contributed by atoms with E-state index in [0.29, 0.717) is 22.8 Å². The van der Waals surface area contributed by atoms with E-state index in [-0.39, 0.29) is 18.2 Å². The molecule has 5 rings (SSSR count). The molecule has 0 fully saturated rings. The van der Waals surface area contributed by atoms with E-state index >= 15 is 0 Å². The summed E-state index contributed by atoms with van der Waals surface area (Å²) in [4.78, 5) is 38.5. The Morgan fingerprint density at radius 1 is 1.00 bits per heavy atom. The van der Waals surface area contributed by atoms with Crippen LogP contribution in [0.1, 0.15) is 44.2 Å². The monoisotopic (exact) mass is 499 g/mol. The molecule has 1 aliphatic carbocycles. The molecule has 1 aliphatic heterocycles. The van der Waals surface area contributed by atoms with Crippen LogP contribution in [0.2, 0.25) is 0 Å². The van der Waals surface area contributed by atoms with Gasteiger partial charge in [0.2, 0.25) is 0 Å². The molecule has 2 aliphatic rings. The Balaban J connectivity index is 1.82. The Hall–Kier alpha value is -4.13. The predicted octanol–water partition coefficient (Wildman–Crippen LogP) is 5.37. The molecule has 190 valence electrons. The first-order valence-corrected chi connectivity index (χ1v) is 12.2. The highest BCUT2D eigenvalue weighted by Crippen LogP contribution is 2.53. The van der Waals surface area contributed by atoms with Crippen molar-refractivity contribution in [2.75, 3.05) is 19.5 Å². The molecule has 0 spiro atoms. The summed E-state index contributed by atoms with van der Waals surface area (Å²) in [5.41, 5.74) is 3.03. The number of rotatable bonds is 4. The third-order valence-electron chi connectivity index (χ3n) is 7.31. The first-order chi connectivity index (χ1) is 17.7. The summed E-state index contributed by atoms with van der Waals surface area (Å²) in [6.07, 6.45) is 0.201. The third-order valence-corrected chi connectivity index (χ3v) is 7.31. The fraction of sp³-hybridized carbons (Fsp3) is 0.300. The highest BCUT2D eigenvalue weighted by molar-refractivity contribution is 6.06. The molecule has 0 bridgehead atoms. The van der Waals surface area contributed by atoms with Crippen LogP contribution < -0.4 is 14.8 Å². The van der Waals surface area contributed by atoms with Gasteiger partial charge in [0.25, 0.3) is 0 Å². The van der Waals surface area contributed by atoms with Gasteiger partial charge in [-0.1, -0.05) is 50.2 Å². The Labute approximate surface area is 215 Å². The van der Waals surface area contributed by atoms with E-state index in [4.69, 9.17) is 14.2 Å². The lowest BCUT2D eigenvalue weighted by Gasteiger charge is -2.44. The van der Waals surface area contributed by atoms with E-state index in [1.807, 2.05) is 56.3 Å². The van der Waals surface area contributed by atoms with Gasteiger partial charge in [0.05, 0.1) is 14.2 Å². The molecule has 0 amide bonds. The van der Waals surface area contributed by atoms with Crippen molar-refractivity contribution in [2.45, 2.75) is 33.1 Å². The molecule has 0 radical (unpaired) electrons. The quantitative estimate of drug-likeness (QED) is 0.381. The van der Waals surface area contributed by atoms with E-state index in [1.165, 1.54) is 21.1 Å². The lowest BCUT2D eigenvalue weighted by molar-refractivity contribution is -0.148. The molecule has 7 nitrogen and oxygen atoms in total. The van der Waals surface area contributed by atoms with Crippen molar-refractivity contribution >= 4 is 34.2 Å². The average Bonchev–Trinajstić information content (AvgIpc) is 2.86. The number of esters is 2. The highest BCUT2D eigenvalue weighted by atomic mass is 16.6. The van der Waals surface area contributed by atoms with E-state index < -0.39 is 23.2 Å². The molecule has 2 unspecified atom stereocenters. The molecular formula is C30H29NO6. The molecule has 0 saturated carbocycles. The number of nitrogens with one attached hydrogen (secondary N) is 1. The van der Waals surface area contributed by atoms with Gasteiger partial charge in [-0.15, -0.1) is 0 Å². The van der Waals surface area contributed by atoms with Gasteiger partial charge in [-0.25, -0.2) is 0 Å². The number of anilines is 1. The Bertz CT molecular complexity index is 1480. The van der Waals surface area contributed by atoms with Crippen LogP contribution >= 0.6 is 0 Å². The molecule has 3 aromatic carbocycles. The zero-order valence-corrected chi connectivity index (χ0v) is 21.5. The van der Waals surface area contributed by atoms with E-state index in [1.54, 1.807) is 12.1 Å². The summed E-state index contributed by atoms with van der Waals surface area (Å²) in [6.45, 7) is 5.16. The molecule has 1 heterocycles. The molecule has 0 aromatic heterocycles. The van der Waals surface area contributed by atoms with E-state index in [9.17, 15) is 14.4 Å². The maximum Gasteiger partial charge on any atom is 0.315 e. The summed E-state index contributed by atoms with van der Waals surface area (Å²) in [6, 6.07) is 17.3. The van der Waals surface area contributed by atoms with Crippen molar-refractivity contribution in [3.63, 3.8) is 0 Å². The van der Waals surface area contributed by atoms with Crippen molar-refractivity contribution in [3.05, 3.63) is 77.0 Å². The van der Waals surface area contributed by atoms with Gasteiger partial charge in [0.1, 0.15) is 5.92 Å². The zero-order valence-electron chi connectivity index (χ0n) is 21.5. The predicted molar refractivity (Wildman–Crippen MR) is 140 cm³/mol. The van der Waals surface area contributed by atoms with Gasteiger partial charge in [-0.2, -0.15) is 0 Å². The Morgan fingerprint density at radius 3 is 2.46 bits per heavy atom. The number of benzene rings is 3. The summed E-state index contributed by atoms with van der Waals surface area (Å²) < 4.78 is 16.1. The maximum absolute atomic E-state index is 13.8. The van der Waals surface area contributed by atoms with Gasteiger partial charge in [-0.3, -0.25) is 14.4 Å². The molecule has 0 saturated heterocycles. The SMILES string of the molecule is COC(=O)C1C2=C(C(=O)CC1(C)C)C(c1ccc(OC(C)=O)c(OC)c1)c1c(ccc3ccccc13)N2. The van der Waals surface area contributed by atoms with Crippen molar-refractivity contribution < 1.29 is 28.6 Å². The number of ketones is 1. The minimum Gasteiger partial charge on any atom is -0.493 e. The van der Waals surface area contributed by atoms with Crippen LogP contribution in [-0.4, -0.2) is 31.9 Å². The van der Waals surface area contributed by atoms with Gasteiger partial charge in [0.15, 0.2) is 17.3 Å². The smallest absolute Gasteiger partial charge is 0.315 e. The van der Waals surface area contributed by atoms with Crippen molar-refractivity contribution in [1.29, 1.82) is 0 Å². The number of hydrogen-bond acceptors (Lipinski definition) is 7. The number of fused-ring (bicyclic) bond motifs is 3. The minimum absolute atomic E-state index is 0.0285. The number of methoxy groups -OCH3 is 2. The second-order valence-corrected chi connectivity index (χ2v) is 10.2. The number of Topliss-reactive ketones (excluding diaryl/α,β-unsaturated/α-hetero) is 1. The standard InChI is InChI=1S/C30H29NO6/c1-16(32)37-22-13-11-18(14-23(22)35-4)24-25-19-9-7-6-8-17(19)10-12-20(25)31-28-26(24)21(33)15-30(2,3)27(28)29(34)36-5/h6-14,24,27,31H,15H2,1-5H3. The minimum atomic E-state index is -0.644. The number of carbonyl (C=O) groups is 3. The fourth-order valence-electron chi connectivity index (χ4n) is 5.76. The lowest BCUT2D eigenvalue weighted by Crippen LogP contribution is -2.44. The van der Waals surface area contributed by atoms with Crippen LogP contribution in [0, 0.1) is 11.3 Å². The van der Waals surface area contributed by atoms with Crippen LogP contribution in [-0.2, 0) is 19.1 Å². The second kappa shape index (κ2) is 9.07. The van der Waals surface area contributed by atoms with Crippen LogP contribution in [0.5, 0.6) is 11.5 Å². The topological polar surface area (TPSA) is 90.9 Å².